The molecule has 2 aliphatic heterocycles. The van der Waals surface area contributed by atoms with Crippen molar-refractivity contribution in [1.29, 1.82) is 0 Å². The van der Waals surface area contributed by atoms with E-state index in [0.717, 1.165) is 38.0 Å². The van der Waals surface area contributed by atoms with Crippen LogP contribution in [0.25, 0.3) is 0 Å². The lowest BCUT2D eigenvalue weighted by Gasteiger charge is -2.33. The molecule has 0 aliphatic carbocycles. The van der Waals surface area contributed by atoms with Gasteiger partial charge in [0.2, 0.25) is 0 Å². The first kappa shape index (κ1) is 23.4. The number of benzene rings is 2. The summed E-state index contributed by atoms with van der Waals surface area (Å²) in [7, 11) is 1.72. The van der Waals surface area contributed by atoms with E-state index < -0.39 is 23.1 Å². The van der Waals surface area contributed by atoms with Gasteiger partial charge in [-0.2, -0.15) is 4.31 Å². The van der Waals surface area contributed by atoms with Gasteiger partial charge in [-0.1, -0.05) is 23.2 Å². The van der Waals surface area contributed by atoms with Gasteiger partial charge < -0.3 is 19.5 Å². The summed E-state index contributed by atoms with van der Waals surface area (Å²) in [5.74, 6) is -0.781. The highest BCUT2D eigenvalue weighted by molar-refractivity contribution is 7.93. The summed E-state index contributed by atoms with van der Waals surface area (Å²) < 4.78 is 33.6. The molecule has 6 nitrogen and oxygen atoms in total. The van der Waals surface area contributed by atoms with Gasteiger partial charge in [0.1, 0.15) is 11.6 Å². The molecule has 0 spiro atoms. The number of hydrogen-bond donors (Lipinski definition) is 1. The molecule has 4 rings (SSSR count). The van der Waals surface area contributed by atoms with Crippen molar-refractivity contribution in [3.05, 3.63) is 51.8 Å². The second kappa shape index (κ2) is 10.1. The van der Waals surface area contributed by atoms with Gasteiger partial charge in [0.25, 0.3) is 5.91 Å². The molecule has 1 atom stereocenters. The molecule has 2 aliphatic rings. The van der Waals surface area contributed by atoms with Gasteiger partial charge in [0.05, 0.1) is 40.3 Å². The molecule has 10 heteroatoms. The first-order chi connectivity index (χ1) is 15.4. The molecule has 2 aromatic carbocycles. The third-order valence-corrected chi connectivity index (χ3v) is 7.88. The van der Waals surface area contributed by atoms with Crippen LogP contribution in [0.2, 0.25) is 10.0 Å². The minimum atomic E-state index is -1.24. The van der Waals surface area contributed by atoms with Crippen LogP contribution in [0.1, 0.15) is 29.6 Å². The number of anilines is 3. The molecule has 0 bridgehead atoms. The summed E-state index contributed by atoms with van der Waals surface area (Å²) in [4.78, 5) is 15.2. The van der Waals surface area contributed by atoms with Crippen molar-refractivity contribution in [2.75, 3.05) is 47.0 Å². The number of nitrogens with one attached hydrogen (secondary N) is 1. The normalized spacial score (nSPS) is 19.5. The van der Waals surface area contributed by atoms with Gasteiger partial charge in [0.15, 0.2) is 0 Å². The van der Waals surface area contributed by atoms with Crippen molar-refractivity contribution in [3.8, 4) is 0 Å². The van der Waals surface area contributed by atoms with Crippen LogP contribution in [0.15, 0.2) is 30.3 Å². The van der Waals surface area contributed by atoms with Crippen LogP contribution in [0.4, 0.5) is 21.5 Å². The summed E-state index contributed by atoms with van der Waals surface area (Å²) in [5, 5.41) is 2.97. The van der Waals surface area contributed by atoms with Crippen LogP contribution in [0.5, 0.6) is 0 Å². The average molecular weight is 500 g/mol. The Morgan fingerprint density at radius 3 is 2.56 bits per heavy atom. The number of nitrogens with zero attached hydrogens (tertiary/aromatic N) is 2. The first-order valence-corrected chi connectivity index (χ1v) is 12.4. The summed E-state index contributed by atoms with van der Waals surface area (Å²) in [6.45, 7) is 2.17. The Morgan fingerprint density at radius 2 is 1.91 bits per heavy atom. The Bertz CT molecular complexity index is 1000. The third kappa shape index (κ3) is 5.10. The van der Waals surface area contributed by atoms with E-state index in [1.165, 1.54) is 12.1 Å². The molecule has 32 heavy (non-hydrogen) atoms. The lowest BCUT2D eigenvalue weighted by molar-refractivity contribution is 0.0819. The van der Waals surface area contributed by atoms with Gasteiger partial charge in [-0.05, 0) is 37.1 Å². The van der Waals surface area contributed by atoms with E-state index in [0.29, 0.717) is 28.7 Å². The maximum atomic E-state index is 14.5. The van der Waals surface area contributed by atoms with Crippen LogP contribution in [-0.2, 0) is 16.1 Å². The zero-order chi connectivity index (χ0) is 22.8. The predicted molar refractivity (Wildman–Crippen MR) is 128 cm³/mol. The van der Waals surface area contributed by atoms with Crippen molar-refractivity contribution in [2.45, 2.75) is 25.4 Å². The van der Waals surface area contributed by atoms with Crippen molar-refractivity contribution in [1.82, 2.24) is 0 Å². The van der Waals surface area contributed by atoms with Crippen molar-refractivity contribution >= 4 is 57.5 Å². The van der Waals surface area contributed by atoms with E-state index in [1.54, 1.807) is 17.5 Å². The number of carbonyl (C=O) groups excluding carboxylic acids is 1. The van der Waals surface area contributed by atoms with E-state index in [9.17, 15) is 13.7 Å². The van der Waals surface area contributed by atoms with E-state index >= 15 is 0 Å². The molecule has 172 valence electrons. The van der Waals surface area contributed by atoms with Gasteiger partial charge >= 0.3 is 0 Å². The fourth-order valence-corrected chi connectivity index (χ4v) is 5.75. The molecular weight excluding hydrogens is 476 g/mol. The molecule has 1 amide bonds. The third-order valence-electron chi connectivity index (χ3n) is 5.75. The molecule has 1 N–H and O–H groups in total. The van der Waals surface area contributed by atoms with Crippen LogP contribution < -0.4 is 14.5 Å². The first-order valence-electron chi connectivity index (χ1n) is 10.4. The Labute approximate surface area is 199 Å². The minimum Gasteiger partial charge on any atom is -0.593 e. The maximum absolute atomic E-state index is 14.5. The topological polar surface area (TPSA) is 67.9 Å². The monoisotopic (exact) mass is 499 g/mol. The van der Waals surface area contributed by atoms with E-state index in [2.05, 4.69) is 10.2 Å². The van der Waals surface area contributed by atoms with Crippen LogP contribution in [-0.4, -0.2) is 49.1 Å². The highest BCUT2D eigenvalue weighted by Gasteiger charge is 2.29. The fraction of sp³-hybridized carbons (Fsp3) is 0.409. The zero-order valence-corrected chi connectivity index (χ0v) is 19.9. The number of hydrogen-bond acceptors (Lipinski definition) is 5. The van der Waals surface area contributed by atoms with E-state index in [4.69, 9.17) is 27.9 Å². The van der Waals surface area contributed by atoms with Gasteiger partial charge in [-0.15, -0.1) is 0 Å². The van der Waals surface area contributed by atoms with Gasteiger partial charge in [0, 0.05) is 49.1 Å². The highest BCUT2D eigenvalue weighted by atomic mass is 35.5. The molecule has 2 fully saturated rings. The second-order valence-electron chi connectivity index (χ2n) is 7.84. The predicted octanol–water partition coefficient (Wildman–Crippen LogP) is 4.87. The molecule has 0 radical (unpaired) electrons. The quantitative estimate of drug-likeness (QED) is 0.594. The number of ether oxygens (including phenoxy) is 1. The van der Waals surface area contributed by atoms with Crippen LogP contribution >= 0.6 is 23.2 Å². The number of carbonyl (C=O) groups is 1. The number of amides is 1. The molecule has 0 saturated carbocycles. The van der Waals surface area contributed by atoms with Crippen molar-refractivity contribution < 1.29 is 18.5 Å². The van der Waals surface area contributed by atoms with Crippen LogP contribution in [0, 0.1) is 5.82 Å². The van der Waals surface area contributed by atoms with Crippen molar-refractivity contribution in [3.63, 3.8) is 0 Å². The Hall–Kier alpha value is -1.71. The molecule has 2 aromatic rings. The molecular formula is C22H24Cl2FN3O3S. The second-order valence-corrected chi connectivity index (χ2v) is 10.2. The summed E-state index contributed by atoms with van der Waals surface area (Å²) in [6.07, 6.45) is 2.80. The van der Waals surface area contributed by atoms with E-state index in [-0.39, 0.29) is 16.7 Å². The molecule has 2 saturated heterocycles. The van der Waals surface area contributed by atoms with Crippen LogP contribution in [0.3, 0.4) is 0 Å². The zero-order valence-electron chi connectivity index (χ0n) is 17.6. The largest absolute Gasteiger partial charge is 0.593 e. The summed E-state index contributed by atoms with van der Waals surface area (Å²) in [6, 6.07) is 8.00. The SMILES string of the molecule is COC1CCN(c2cc(Cl)cc(NC(=O)c3cc(N4CCC[S+]4[O-])cc(F)c3Cl)c2)CC1. The number of methoxy groups -OCH3 is 1. The van der Waals surface area contributed by atoms with Gasteiger partial charge in [-0.25, -0.2) is 4.39 Å². The lowest BCUT2D eigenvalue weighted by Crippen LogP contribution is -2.36. The minimum absolute atomic E-state index is 0.0204. The highest BCUT2D eigenvalue weighted by Crippen LogP contribution is 2.32. The maximum Gasteiger partial charge on any atom is 0.257 e. The lowest BCUT2D eigenvalue weighted by atomic mass is 10.1. The summed E-state index contributed by atoms with van der Waals surface area (Å²) in [5.41, 5.74) is 1.73. The Kier molecular flexibility index (Phi) is 7.37. The standard InChI is InChI=1S/C22H24Cl2FN3O3S/c1-31-18-3-6-27(7-4-18)16-10-14(23)9-15(11-16)26-22(29)19-12-17(13-20(25)21(19)24)28-5-2-8-32(28)30/h9-13,18H,2-8H2,1H3,(H,26,29). The Balaban J connectivity index is 1.55. The number of rotatable bonds is 5. The average Bonchev–Trinajstić information content (AvgIpc) is 3.21. The molecule has 2 heterocycles. The summed E-state index contributed by atoms with van der Waals surface area (Å²) >= 11 is 11.2. The molecule has 1 unspecified atom stereocenters. The number of halogens is 3. The fourth-order valence-electron chi connectivity index (χ4n) is 4.05. The van der Waals surface area contributed by atoms with E-state index in [1.807, 2.05) is 12.1 Å². The smallest absolute Gasteiger partial charge is 0.257 e. The van der Waals surface area contributed by atoms with Crippen molar-refractivity contribution in [2.24, 2.45) is 0 Å². The Morgan fingerprint density at radius 1 is 1.16 bits per heavy atom. The number of piperidine rings is 1. The van der Waals surface area contributed by atoms with Gasteiger partial charge in [-0.3, -0.25) is 4.79 Å². The molecule has 0 aromatic heterocycles.